The average molecular weight is 307 g/mol. The summed E-state index contributed by atoms with van der Waals surface area (Å²) < 4.78 is 11.1. The van der Waals surface area contributed by atoms with Gasteiger partial charge in [0.2, 0.25) is 5.91 Å². The first kappa shape index (κ1) is 16.6. The van der Waals surface area contributed by atoms with E-state index in [9.17, 15) is 4.79 Å². The largest absolute Gasteiger partial charge is 0.493 e. The quantitative estimate of drug-likeness (QED) is 0.741. The minimum atomic E-state index is -0.640. The van der Waals surface area contributed by atoms with Crippen LogP contribution < -0.4 is 20.5 Å². The van der Waals surface area contributed by atoms with Crippen LogP contribution in [0.4, 0.5) is 0 Å². The van der Waals surface area contributed by atoms with E-state index in [-0.39, 0.29) is 5.91 Å². The first-order valence-electron chi connectivity index (χ1n) is 7.46. The fourth-order valence-corrected chi connectivity index (χ4v) is 2.00. The molecule has 0 aromatic heterocycles. The van der Waals surface area contributed by atoms with Crippen molar-refractivity contribution in [3.05, 3.63) is 23.8 Å². The van der Waals surface area contributed by atoms with E-state index in [4.69, 9.17) is 15.2 Å². The Morgan fingerprint density at radius 1 is 1.36 bits per heavy atom. The molecule has 0 aliphatic heterocycles. The predicted molar refractivity (Wildman–Crippen MR) is 85.0 cm³/mol. The summed E-state index contributed by atoms with van der Waals surface area (Å²) in [6.07, 6.45) is 1.53. The number of methoxy groups -OCH3 is 1. The number of carbonyl (C=O) groups is 1. The van der Waals surface area contributed by atoms with Crippen molar-refractivity contribution in [1.29, 1.82) is 0 Å². The van der Waals surface area contributed by atoms with E-state index in [2.05, 4.69) is 10.2 Å². The molecule has 0 radical (unpaired) electrons. The first-order chi connectivity index (χ1) is 10.4. The van der Waals surface area contributed by atoms with Crippen molar-refractivity contribution in [3.63, 3.8) is 0 Å². The minimum absolute atomic E-state index is 0.0854. The second-order valence-corrected chi connectivity index (χ2v) is 5.98. The molecule has 6 nitrogen and oxygen atoms in total. The monoisotopic (exact) mass is 307 g/mol. The molecule has 122 valence electrons. The summed E-state index contributed by atoms with van der Waals surface area (Å²) in [5.41, 5.74) is 6.17. The highest BCUT2D eigenvalue weighted by Gasteiger charge is 2.45. The number of benzene rings is 1. The van der Waals surface area contributed by atoms with Crippen molar-refractivity contribution >= 4 is 5.91 Å². The number of hydrogen-bond donors (Lipinski definition) is 2. The van der Waals surface area contributed by atoms with E-state index in [1.54, 1.807) is 7.11 Å². The maximum atomic E-state index is 11.8. The molecule has 1 saturated carbocycles. The molecule has 2 rings (SSSR count). The Hall–Kier alpha value is -1.79. The van der Waals surface area contributed by atoms with E-state index in [0.29, 0.717) is 24.7 Å². The van der Waals surface area contributed by atoms with Crippen LogP contribution in [-0.4, -0.2) is 50.7 Å². The molecule has 1 fully saturated rings. The van der Waals surface area contributed by atoms with Gasteiger partial charge in [0.1, 0.15) is 6.61 Å². The van der Waals surface area contributed by atoms with Gasteiger partial charge in [0.05, 0.1) is 12.6 Å². The molecule has 1 amide bonds. The van der Waals surface area contributed by atoms with Crippen molar-refractivity contribution in [2.24, 2.45) is 5.73 Å². The lowest BCUT2D eigenvalue weighted by molar-refractivity contribution is -0.123. The van der Waals surface area contributed by atoms with Crippen molar-refractivity contribution in [3.8, 4) is 11.5 Å². The van der Waals surface area contributed by atoms with Crippen LogP contribution in [-0.2, 0) is 11.3 Å². The van der Waals surface area contributed by atoms with Crippen LogP contribution in [0, 0.1) is 0 Å². The van der Waals surface area contributed by atoms with Gasteiger partial charge >= 0.3 is 0 Å². The highest BCUT2D eigenvalue weighted by Crippen LogP contribution is 2.32. The second kappa shape index (κ2) is 6.98. The van der Waals surface area contributed by atoms with Gasteiger partial charge in [-0.25, -0.2) is 0 Å². The summed E-state index contributed by atoms with van der Waals surface area (Å²) in [6.45, 7) is 1.86. The highest BCUT2D eigenvalue weighted by molar-refractivity contribution is 5.88. The third-order valence-corrected chi connectivity index (χ3v) is 3.72. The first-order valence-corrected chi connectivity index (χ1v) is 7.46. The molecule has 0 saturated heterocycles. The van der Waals surface area contributed by atoms with Gasteiger partial charge in [-0.05, 0) is 44.6 Å². The predicted octanol–water partition coefficient (Wildman–Crippen LogP) is 0.743. The van der Waals surface area contributed by atoms with Gasteiger partial charge in [-0.2, -0.15) is 0 Å². The Bertz CT molecular complexity index is 527. The fraction of sp³-hybridized carbons (Fsp3) is 0.562. The summed E-state index contributed by atoms with van der Waals surface area (Å²) >= 11 is 0. The molecule has 1 aliphatic carbocycles. The number of likely N-dealkylation sites (N-methyl/N-ethyl adjacent to an activating group) is 1. The van der Waals surface area contributed by atoms with Gasteiger partial charge in [-0.3, -0.25) is 4.79 Å². The molecule has 22 heavy (non-hydrogen) atoms. The van der Waals surface area contributed by atoms with Gasteiger partial charge in [0, 0.05) is 13.1 Å². The minimum Gasteiger partial charge on any atom is -0.493 e. The zero-order valence-electron chi connectivity index (χ0n) is 13.5. The van der Waals surface area contributed by atoms with E-state index < -0.39 is 5.54 Å². The number of amides is 1. The van der Waals surface area contributed by atoms with E-state index in [1.165, 1.54) is 0 Å². The van der Waals surface area contributed by atoms with Crippen LogP contribution >= 0.6 is 0 Å². The number of hydrogen-bond acceptors (Lipinski definition) is 5. The number of ether oxygens (including phenoxy) is 2. The molecule has 0 atom stereocenters. The van der Waals surface area contributed by atoms with E-state index in [1.807, 2.05) is 32.3 Å². The van der Waals surface area contributed by atoms with Crippen LogP contribution in [0.25, 0.3) is 0 Å². The highest BCUT2D eigenvalue weighted by atomic mass is 16.5. The smallest absolute Gasteiger partial charge is 0.240 e. The Balaban J connectivity index is 1.91. The molecule has 0 unspecified atom stereocenters. The lowest BCUT2D eigenvalue weighted by Crippen LogP contribution is -2.42. The van der Waals surface area contributed by atoms with Gasteiger partial charge in [0.25, 0.3) is 0 Å². The number of nitrogens with one attached hydrogen (secondary N) is 1. The van der Waals surface area contributed by atoms with Crippen LogP contribution in [0.5, 0.6) is 11.5 Å². The van der Waals surface area contributed by atoms with Gasteiger partial charge in [-0.15, -0.1) is 0 Å². The standard InChI is InChI=1S/C16H25N3O3/c1-19(2)8-9-22-13-5-4-12(10-14(13)21-3)11-18-15(20)16(17)6-7-16/h4-5,10H,6-9,11,17H2,1-3H3,(H,18,20). The second-order valence-electron chi connectivity index (χ2n) is 5.98. The third kappa shape index (κ3) is 4.35. The molecule has 6 heteroatoms. The SMILES string of the molecule is COc1cc(CNC(=O)C2(N)CC2)ccc1OCCN(C)C. The number of nitrogens with two attached hydrogens (primary N) is 1. The molecular formula is C16H25N3O3. The van der Waals surface area contributed by atoms with Crippen LogP contribution in [0.1, 0.15) is 18.4 Å². The van der Waals surface area contributed by atoms with Crippen LogP contribution in [0.3, 0.4) is 0 Å². The van der Waals surface area contributed by atoms with E-state index >= 15 is 0 Å². The fourth-order valence-electron chi connectivity index (χ4n) is 2.00. The Kier molecular flexibility index (Phi) is 5.26. The summed E-state index contributed by atoms with van der Waals surface area (Å²) in [4.78, 5) is 13.9. The molecule has 1 aromatic carbocycles. The average Bonchev–Trinajstić information content (AvgIpc) is 3.24. The molecule has 0 bridgehead atoms. The molecule has 0 spiro atoms. The maximum absolute atomic E-state index is 11.8. The lowest BCUT2D eigenvalue weighted by Gasteiger charge is -2.15. The Morgan fingerprint density at radius 3 is 2.68 bits per heavy atom. The van der Waals surface area contributed by atoms with Gasteiger partial charge < -0.3 is 25.4 Å². The van der Waals surface area contributed by atoms with Crippen molar-refractivity contribution in [2.45, 2.75) is 24.9 Å². The summed E-state index contributed by atoms with van der Waals surface area (Å²) in [5, 5.41) is 2.86. The Morgan fingerprint density at radius 2 is 2.09 bits per heavy atom. The molecule has 1 aromatic rings. The van der Waals surface area contributed by atoms with Crippen LogP contribution in [0.2, 0.25) is 0 Å². The normalized spacial score (nSPS) is 15.5. The van der Waals surface area contributed by atoms with Crippen molar-refractivity contribution < 1.29 is 14.3 Å². The summed E-state index contributed by atoms with van der Waals surface area (Å²) in [7, 11) is 5.60. The van der Waals surface area contributed by atoms with Gasteiger partial charge in [-0.1, -0.05) is 6.07 Å². The number of carbonyl (C=O) groups excluding carboxylic acids is 1. The lowest BCUT2D eigenvalue weighted by atomic mass is 10.2. The molecule has 3 N–H and O–H groups in total. The number of nitrogens with zero attached hydrogens (tertiary/aromatic N) is 1. The summed E-state index contributed by atoms with van der Waals surface area (Å²) in [6, 6.07) is 5.66. The Labute approximate surface area is 131 Å². The zero-order chi connectivity index (χ0) is 16.2. The number of rotatable bonds is 8. The maximum Gasteiger partial charge on any atom is 0.240 e. The molecule has 1 aliphatic rings. The summed E-state index contributed by atoms with van der Waals surface area (Å²) in [5.74, 6) is 1.29. The van der Waals surface area contributed by atoms with Crippen molar-refractivity contribution in [1.82, 2.24) is 10.2 Å². The van der Waals surface area contributed by atoms with E-state index in [0.717, 1.165) is 24.9 Å². The van der Waals surface area contributed by atoms with Crippen molar-refractivity contribution in [2.75, 3.05) is 34.4 Å². The third-order valence-electron chi connectivity index (χ3n) is 3.72. The van der Waals surface area contributed by atoms with Gasteiger partial charge in [0.15, 0.2) is 11.5 Å². The molecular weight excluding hydrogens is 282 g/mol. The van der Waals surface area contributed by atoms with Crippen LogP contribution in [0.15, 0.2) is 18.2 Å². The zero-order valence-corrected chi connectivity index (χ0v) is 13.5. The topological polar surface area (TPSA) is 76.8 Å². The molecule has 0 heterocycles.